The molecule has 0 atom stereocenters. The molecule has 4 rings (SSSR count). The van der Waals surface area contributed by atoms with Crippen molar-refractivity contribution in [2.24, 2.45) is 7.05 Å². The molecule has 1 aromatic carbocycles. The molecule has 2 aromatic rings. The molecule has 1 aliphatic carbocycles. The van der Waals surface area contributed by atoms with E-state index in [0.29, 0.717) is 0 Å². The summed E-state index contributed by atoms with van der Waals surface area (Å²) in [6.45, 7) is 5.87. The minimum atomic E-state index is 0.269. The quantitative estimate of drug-likeness (QED) is 0.832. The number of hydrogen-bond donors (Lipinski definition) is 0. The maximum Gasteiger partial charge on any atom is 0.0568 e. The minimum Gasteiger partial charge on any atom is -0.367 e. The van der Waals surface area contributed by atoms with Gasteiger partial charge in [0, 0.05) is 42.5 Å². The van der Waals surface area contributed by atoms with Crippen molar-refractivity contribution in [3.05, 3.63) is 36.2 Å². The van der Waals surface area contributed by atoms with Crippen LogP contribution >= 0.6 is 0 Å². The molecular weight excluding hydrogens is 246 g/mol. The third-order valence-electron chi connectivity index (χ3n) is 4.63. The van der Waals surface area contributed by atoms with E-state index in [1.54, 1.807) is 0 Å². The highest BCUT2D eigenvalue weighted by Crippen LogP contribution is 2.46. The van der Waals surface area contributed by atoms with Crippen LogP contribution in [0.4, 0.5) is 5.69 Å². The number of rotatable bonds is 2. The monoisotopic (exact) mass is 267 g/mol. The smallest absolute Gasteiger partial charge is 0.0568 e. The average molecular weight is 267 g/mol. The number of hydrogen-bond acceptors (Lipinski definition) is 2. The Kier molecular flexibility index (Phi) is 2.33. The van der Waals surface area contributed by atoms with Crippen LogP contribution in [0.5, 0.6) is 0 Å². The van der Waals surface area contributed by atoms with Crippen molar-refractivity contribution in [3.63, 3.8) is 0 Å². The van der Waals surface area contributed by atoms with Gasteiger partial charge in [-0.1, -0.05) is 26.0 Å². The third kappa shape index (κ3) is 1.76. The first kappa shape index (κ1) is 12.0. The summed E-state index contributed by atoms with van der Waals surface area (Å²) in [5, 5.41) is 4.28. The van der Waals surface area contributed by atoms with E-state index in [4.69, 9.17) is 0 Å². The van der Waals surface area contributed by atoms with Gasteiger partial charge in [-0.3, -0.25) is 4.68 Å². The highest BCUT2D eigenvalue weighted by Gasteiger charge is 2.41. The highest BCUT2D eigenvalue weighted by molar-refractivity contribution is 5.73. The molecule has 1 saturated carbocycles. The van der Waals surface area contributed by atoms with Crippen LogP contribution in [0.3, 0.4) is 0 Å². The molecule has 2 heterocycles. The van der Waals surface area contributed by atoms with Crippen molar-refractivity contribution in [2.75, 3.05) is 11.4 Å². The molecule has 104 valence electrons. The number of fused-ring (bicyclic) bond motifs is 1. The first-order chi connectivity index (χ1) is 9.54. The number of nitrogens with zero attached hydrogens (tertiary/aromatic N) is 3. The fourth-order valence-electron chi connectivity index (χ4n) is 3.40. The van der Waals surface area contributed by atoms with Gasteiger partial charge in [-0.25, -0.2) is 0 Å². The van der Waals surface area contributed by atoms with Crippen LogP contribution < -0.4 is 4.90 Å². The van der Waals surface area contributed by atoms with Crippen molar-refractivity contribution < 1.29 is 0 Å². The van der Waals surface area contributed by atoms with Gasteiger partial charge in [0.25, 0.3) is 0 Å². The lowest BCUT2D eigenvalue weighted by Crippen LogP contribution is -2.30. The van der Waals surface area contributed by atoms with E-state index in [9.17, 15) is 0 Å². The van der Waals surface area contributed by atoms with Gasteiger partial charge in [0.1, 0.15) is 0 Å². The van der Waals surface area contributed by atoms with Crippen LogP contribution in [-0.4, -0.2) is 22.4 Å². The van der Waals surface area contributed by atoms with Gasteiger partial charge in [-0.15, -0.1) is 0 Å². The summed E-state index contributed by atoms with van der Waals surface area (Å²) in [5.74, 6) is 0. The molecule has 1 aliphatic heterocycles. The molecule has 20 heavy (non-hydrogen) atoms. The van der Waals surface area contributed by atoms with Gasteiger partial charge >= 0.3 is 0 Å². The van der Waals surface area contributed by atoms with E-state index in [1.807, 2.05) is 17.9 Å². The Morgan fingerprint density at radius 2 is 2.00 bits per heavy atom. The average Bonchev–Trinajstić information content (AvgIpc) is 3.11. The Hall–Kier alpha value is -1.77. The molecule has 3 nitrogen and oxygen atoms in total. The standard InChI is InChI=1S/C17H21N3/c1-17(2)11-20(14-5-6-14)16-8-12(4-7-15(16)17)13-9-18-19(3)10-13/h4,7-10,14H,5-6,11H2,1-3H3. The second kappa shape index (κ2) is 3.87. The highest BCUT2D eigenvalue weighted by atomic mass is 15.2. The van der Waals surface area contributed by atoms with Gasteiger partial charge in [-0.05, 0) is 30.0 Å². The van der Waals surface area contributed by atoms with Gasteiger partial charge in [0.15, 0.2) is 0 Å². The van der Waals surface area contributed by atoms with Crippen LogP contribution in [0.2, 0.25) is 0 Å². The molecule has 0 bridgehead atoms. The Bertz CT molecular complexity index is 665. The fourth-order valence-corrected chi connectivity index (χ4v) is 3.40. The third-order valence-corrected chi connectivity index (χ3v) is 4.63. The lowest BCUT2D eigenvalue weighted by atomic mass is 9.86. The maximum atomic E-state index is 4.28. The predicted molar refractivity (Wildman–Crippen MR) is 82.0 cm³/mol. The van der Waals surface area contributed by atoms with E-state index in [2.05, 4.69) is 48.2 Å². The molecular formula is C17H21N3. The molecule has 0 saturated heterocycles. The Balaban J connectivity index is 1.81. The van der Waals surface area contributed by atoms with Crippen LogP contribution in [-0.2, 0) is 12.5 Å². The first-order valence-electron chi connectivity index (χ1n) is 7.45. The van der Waals surface area contributed by atoms with Crippen LogP contribution in [0, 0.1) is 0 Å². The number of benzene rings is 1. The Labute approximate surface area is 120 Å². The normalized spacial score (nSPS) is 20.2. The second-order valence-corrected chi connectivity index (χ2v) is 6.88. The summed E-state index contributed by atoms with van der Waals surface area (Å²) >= 11 is 0. The van der Waals surface area contributed by atoms with E-state index < -0.39 is 0 Å². The molecule has 0 radical (unpaired) electrons. The van der Waals surface area contributed by atoms with Gasteiger partial charge in [0.05, 0.1) is 6.20 Å². The van der Waals surface area contributed by atoms with Gasteiger partial charge < -0.3 is 4.90 Å². The van der Waals surface area contributed by atoms with E-state index >= 15 is 0 Å². The Morgan fingerprint density at radius 3 is 2.65 bits per heavy atom. The van der Waals surface area contributed by atoms with E-state index in [-0.39, 0.29) is 5.41 Å². The summed E-state index contributed by atoms with van der Waals surface area (Å²) in [4.78, 5) is 2.62. The summed E-state index contributed by atoms with van der Waals surface area (Å²) in [6.07, 6.45) is 6.74. The van der Waals surface area contributed by atoms with Crippen molar-refractivity contribution in [3.8, 4) is 11.1 Å². The molecule has 0 amide bonds. The first-order valence-corrected chi connectivity index (χ1v) is 7.45. The van der Waals surface area contributed by atoms with E-state index in [0.717, 1.165) is 12.6 Å². The van der Waals surface area contributed by atoms with Crippen molar-refractivity contribution in [1.82, 2.24) is 9.78 Å². The lowest BCUT2D eigenvalue weighted by molar-refractivity contribution is 0.549. The summed E-state index contributed by atoms with van der Waals surface area (Å²) < 4.78 is 1.87. The van der Waals surface area contributed by atoms with E-state index in [1.165, 1.54) is 35.2 Å². The number of anilines is 1. The van der Waals surface area contributed by atoms with Crippen LogP contribution in [0.15, 0.2) is 30.6 Å². The SMILES string of the molecule is Cn1cc(-c2ccc3c(c2)N(C2CC2)CC3(C)C)cn1. The lowest BCUT2D eigenvalue weighted by Gasteiger charge is -2.22. The van der Waals surface area contributed by atoms with Crippen LogP contribution in [0.1, 0.15) is 32.3 Å². The molecule has 0 N–H and O–H groups in total. The van der Waals surface area contributed by atoms with Gasteiger partial charge in [0.2, 0.25) is 0 Å². The number of aryl methyl sites for hydroxylation is 1. The summed E-state index contributed by atoms with van der Waals surface area (Å²) in [6, 6.07) is 7.70. The van der Waals surface area contributed by atoms with Crippen molar-refractivity contribution in [1.29, 1.82) is 0 Å². The van der Waals surface area contributed by atoms with Crippen molar-refractivity contribution >= 4 is 5.69 Å². The van der Waals surface area contributed by atoms with Crippen LogP contribution in [0.25, 0.3) is 11.1 Å². The topological polar surface area (TPSA) is 21.1 Å². The molecule has 3 heteroatoms. The zero-order valence-corrected chi connectivity index (χ0v) is 12.4. The number of aromatic nitrogens is 2. The summed E-state index contributed by atoms with van der Waals surface area (Å²) in [7, 11) is 1.97. The zero-order chi connectivity index (χ0) is 13.9. The second-order valence-electron chi connectivity index (χ2n) is 6.88. The maximum absolute atomic E-state index is 4.28. The largest absolute Gasteiger partial charge is 0.367 e. The fraction of sp³-hybridized carbons (Fsp3) is 0.471. The Morgan fingerprint density at radius 1 is 1.20 bits per heavy atom. The van der Waals surface area contributed by atoms with Gasteiger partial charge in [-0.2, -0.15) is 5.10 Å². The molecule has 0 spiro atoms. The minimum absolute atomic E-state index is 0.269. The predicted octanol–water partition coefficient (Wildman–Crippen LogP) is 3.35. The van der Waals surface area contributed by atoms with Crippen molar-refractivity contribution in [2.45, 2.75) is 38.1 Å². The zero-order valence-electron chi connectivity index (χ0n) is 12.4. The molecule has 1 aromatic heterocycles. The summed E-state index contributed by atoms with van der Waals surface area (Å²) in [5.41, 5.74) is 5.69. The molecule has 2 aliphatic rings. The molecule has 1 fully saturated rings. The molecule has 0 unspecified atom stereocenters.